The molecule has 0 aromatic rings. The summed E-state index contributed by atoms with van der Waals surface area (Å²) in [5.74, 6) is 2.03. The van der Waals surface area contributed by atoms with E-state index in [1.165, 1.54) is 19.3 Å². The molecule has 70 valence electrons. The van der Waals surface area contributed by atoms with Crippen LogP contribution in [-0.2, 0) is 0 Å². The fourth-order valence-electron chi connectivity index (χ4n) is 3.48. The van der Waals surface area contributed by atoms with E-state index in [-0.39, 0.29) is 6.10 Å². The van der Waals surface area contributed by atoms with E-state index < -0.39 is 0 Å². The van der Waals surface area contributed by atoms with Gasteiger partial charge in [-0.25, -0.2) is 0 Å². The molecule has 0 spiro atoms. The molecule has 0 radical (unpaired) electrons. The Balaban J connectivity index is 2.17. The van der Waals surface area contributed by atoms with E-state index in [0.717, 1.165) is 5.92 Å². The number of hydrogen-bond acceptors (Lipinski definition) is 1. The van der Waals surface area contributed by atoms with Crippen molar-refractivity contribution in [1.82, 2.24) is 0 Å². The lowest BCUT2D eigenvalue weighted by molar-refractivity contribution is 0.00240. The maximum Gasteiger partial charge on any atom is 0.0604 e. The zero-order chi connectivity index (χ0) is 8.93. The Hall–Kier alpha value is -0.0400. The molecule has 2 bridgehead atoms. The van der Waals surface area contributed by atoms with Gasteiger partial charge < -0.3 is 5.11 Å². The van der Waals surface area contributed by atoms with E-state index in [1.807, 2.05) is 0 Å². The summed E-state index contributed by atoms with van der Waals surface area (Å²) in [6, 6.07) is 0. The third kappa shape index (κ3) is 1.10. The van der Waals surface area contributed by atoms with E-state index in [4.69, 9.17) is 0 Å². The molecule has 2 saturated carbocycles. The molecule has 1 heteroatoms. The van der Waals surface area contributed by atoms with Gasteiger partial charge in [0.15, 0.2) is 0 Å². The maximum absolute atomic E-state index is 10.0. The largest absolute Gasteiger partial charge is 0.393 e. The first-order valence-electron chi connectivity index (χ1n) is 5.18. The van der Waals surface area contributed by atoms with Gasteiger partial charge in [0.2, 0.25) is 0 Å². The zero-order valence-corrected chi connectivity index (χ0v) is 8.38. The molecule has 4 atom stereocenters. The Morgan fingerprint density at radius 1 is 1.08 bits per heavy atom. The summed E-state index contributed by atoms with van der Waals surface area (Å²) in [6.07, 6.45) is 3.94. The number of hydrogen-bond donors (Lipinski definition) is 1. The van der Waals surface area contributed by atoms with Crippen molar-refractivity contribution in [2.24, 2.45) is 23.2 Å². The molecule has 2 aliphatic carbocycles. The van der Waals surface area contributed by atoms with Crippen LogP contribution in [0.1, 0.15) is 40.0 Å². The van der Waals surface area contributed by atoms with Crippen molar-refractivity contribution in [3.05, 3.63) is 0 Å². The summed E-state index contributed by atoms with van der Waals surface area (Å²) >= 11 is 0. The minimum absolute atomic E-state index is 0.00347. The molecule has 0 saturated heterocycles. The summed E-state index contributed by atoms with van der Waals surface area (Å²) in [5, 5.41) is 10.0. The summed E-state index contributed by atoms with van der Waals surface area (Å²) in [5.41, 5.74) is 0.305. The highest BCUT2D eigenvalue weighted by Gasteiger charge is 2.50. The standard InChI is InChI=1S/C11H20O/c1-11(2,3)9-7-4-5-8(6-7)10(9)12/h7-10,12H,4-6H2,1-3H3/t7?,8?,9-,10+/m0/s1. The van der Waals surface area contributed by atoms with Gasteiger partial charge in [-0.3, -0.25) is 0 Å². The van der Waals surface area contributed by atoms with Crippen molar-refractivity contribution in [3.63, 3.8) is 0 Å². The molecule has 1 nitrogen and oxygen atoms in total. The minimum atomic E-state index is 0.00347. The topological polar surface area (TPSA) is 20.2 Å². The van der Waals surface area contributed by atoms with Crippen LogP contribution < -0.4 is 0 Å². The van der Waals surface area contributed by atoms with Crippen LogP contribution in [0.4, 0.5) is 0 Å². The van der Waals surface area contributed by atoms with Crippen LogP contribution in [-0.4, -0.2) is 11.2 Å². The van der Waals surface area contributed by atoms with Crippen LogP contribution in [0.3, 0.4) is 0 Å². The normalized spacial score (nSPS) is 47.0. The average Bonchev–Trinajstić information content (AvgIpc) is 2.42. The Morgan fingerprint density at radius 2 is 1.67 bits per heavy atom. The SMILES string of the molecule is CC(C)(C)[C@H]1C2CCC(C2)[C@H]1O. The quantitative estimate of drug-likeness (QED) is 0.589. The van der Waals surface area contributed by atoms with E-state index in [1.54, 1.807) is 0 Å². The van der Waals surface area contributed by atoms with E-state index in [9.17, 15) is 5.11 Å². The lowest BCUT2D eigenvalue weighted by Gasteiger charge is -2.37. The van der Waals surface area contributed by atoms with Crippen LogP contribution >= 0.6 is 0 Å². The highest BCUT2D eigenvalue weighted by atomic mass is 16.3. The smallest absolute Gasteiger partial charge is 0.0604 e. The van der Waals surface area contributed by atoms with E-state index >= 15 is 0 Å². The van der Waals surface area contributed by atoms with E-state index in [0.29, 0.717) is 17.3 Å². The second-order valence-corrected chi connectivity index (χ2v) is 5.72. The van der Waals surface area contributed by atoms with Gasteiger partial charge in [0, 0.05) is 0 Å². The molecule has 2 aliphatic rings. The van der Waals surface area contributed by atoms with Crippen LogP contribution in [0.2, 0.25) is 0 Å². The van der Waals surface area contributed by atoms with Crippen molar-refractivity contribution >= 4 is 0 Å². The molecule has 1 N–H and O–H groups in total. The van der Waals surface area contributed by atoms with Gasteiger partial charge in [-0.15, -0.1) is 0 Å². The van der Waals surface area contributed by atoms with Crippen molar-refractivity contribution in [1.29, 1.82) is 0 Å². The van der Waals surface area contributed by atoms with Gasteiger partial charge in [0.1, 0.15) is 0 Å². The third-order valence-corrected chi connectivity index (χ3v) is 3.87. The number of fused-ring (bicyclic) bond motifs is 2. The van der Waals surface area contributed by atoms with Crippen LogP contribution in [0, 0.1) is 23.2 Å². The fourth-order valence-corrected chi connectivity index (χ4v) is 3.48. The van der Waals surface area contributed by atoms with E-state index in [2.05, 4.69) is 20.8 Å². The lowest BCUT2D eigenvalue weighted by Crippen LogP contribution is -2.36. The first-order valence-corrected chi connectivity index (χ1v) is 5.18. The van der Waals surface area contributed by atoms with Crippen LogP contribution in [0.25, 0.3) is 0 Å². The predicted molar refractivity (Wildman–Crippen MR) is 49.8 cm³/mol. The van der Waals surface area contributed by atoms with Crippen molar-refractivity contribution in [3.8, 4) is 0 Å². The molecule has 0 heterocycles. The van der Waals surface area contributed by atoms with Gasteiger partial charge in [0.05, 0.1) is 6.10 Å². The summed E-state index contributed by atoms with van der Waals surface area (Å²) < 4.78 is 0. The van der Waals surface area contributed by atoms with Gasteiger partial charge in [-0.1, -0.05) is 20.8 Å². The number of aliphatic hydroxyl groups excluding tert-OH is 1. The van der Waals surface area contributed by atoms with Crippen molar-refractivity contribution in [2.75, 3.05) is 0 Å². The summed E-state index contributed by atoms with van der Waals surface area (Å²) in [6.45, 7) is 6.80. The molecule has 2 fully saturated rings. The Kier molecular flexibility index (Phi) is 1.76. The molecule has 0 aromatic carbocycles. The second-order valence-electron chi connectivity index (χ2n) is 5.72. The first kappa shape index (κ1) is 8.55. The van der Waals surface area contributed by atoms with Crippen LogP contribution in [0.5, 0.6) is 0 Å². The van der Waals surface area contributed by atoms with Gasteiger partial charge in [-0.2, -0.15) is 0 Å². The molecule has 0 amide bonds. The van der Waals surface area contributed by atoms with Gasteiger partial charge in [-0.05, 0) is 42.4 Å². The second kappa shape index (κ2) is 2.47. The number of rotatable bonds is 0. The molecule has 2 unspecified atom stereocenters. The third-order valence-electron chi connectivity index (χ3n) is 3.87. The summed E-state index contributed by atoms with van der Waals surface area (Å²) in [7, 11) is 0. The number of aliphatic hydroxyl groups is 1. The lowest BCUT2D eigenvalue weighted by atomic mass is 9.70. The highest BCUT2D eigenvalue weighted by molar-refractivity contribution is 5.00. The van der Waals surface area contributed by atoms with Crippen molar-refractivity contribution < 1.29 is 5.11 Å². The summed E-state index contributed by atoms with van der Waals surface area (Å²) in [4.78, 5) is 0. The Morgan fingerprint density at radius 3 is 2.00 bits per heavy atom. The van der Waals surface area contributed by atoms with Crippen molar-refractivity contribution in [2.45, 2.75) is 46.1 Å². The minimum Gasteiger partial charge on any atom is -0.393 e. The predicted octanol–water partition coefficient (Wildman–Crippen LogP) is 2.44. The average molecular weight is 168 g/mol. The van der Waals surface area contributed by atoms with Crippen LogP contribution in [0.15, 0.2) is 0 Å². The Labute approximate surface area is 75.2 Å². The Bertz CT molecular complexity index is 178. The van der Waals surface area contributed by atoms with Gasteiger partial charge >= 0.3 is 0 Å². The molecule has 0 aromatic heterocycles. The molecular formula is C11H20O. The molecular weight excluding hydrogens is 148 g/mol. The van der Waals surface area contributed by atoms with Gasteiger partial charge in [0.25, 0.3) is 0 Å². The molecule has 12 heavy (non-hydrogen) atoms. The molecule has 0 aliphatic heterocycles. The zero-order valence-electron chi connectivity index (χ0n) is 8.38. The first-order chi connectivity index (χ1) is 5.50. The highest BCUT2D eigenvalue weighted by Crippen LogP contribution is 2.54. The monoisotopic (exact) mass is 168 g/mol. The fraction of sp³-hybridized carbons (Fsp3) is 1.00. The maximum atomic E-state index is 10.0. The molecule has 2 rings (SSSR count).